The summed E-state index contributed by atoms with van der Waals surface area (Å²) in [4.78, 5) is 11.6. The van der Waals surface area contributed by atoms with Gasteiger partial charge < -0.3 is 15.8 Å². The van der Waals surface area contributed by atoms with Crippen LogP contribution in [0, 0.1) is 0 Å². The number of nitrogens with two attached hydrogens (primary N) is 1. The number of rotatable bonds is 5. The van der Waals surface area contributed by atoms with E-state index in [-0.39, 0.29) is 11.8 Å². The van der Waals surface area contributed by atoms with Crippen LogP contribution in [0.4, 0.5) is 0 Å². The van der Waals surface area contributed by atoms with Crippen molar-refractivity contribution in [2.45, 2.75) is 19.4 Å². The van der Waals surface area contributed by atoms with Crippen LogP contribution in [0.5, 0.6) is 5.75 Å². The number of benzene rings is 2. The molecule has 3 rings (SSSR count). The summed E-state index contributed by atoms with van der Waals surface area (Å²) in [6.45, 7) is 1.98. The number of nitrogens with zero attached hydrogens (tertiary/aromatic N) is 2. The Balaban J connectivity index is 1.87. The first-order chi connectivity index (χ1) is 11.6. The van der Waals surface area contributed by atoms with Crippen LogP contribution < -0.4 is 5.73 Å². The Morgan fingerprint density at radius 3 is 2.71 bits per heavy atom. The standard InChI is InChI=1S/C19H20N4O/c1-13(14-6-3-2-4-7-14)23-19(20)17-9-5-8-15(18(17)24)10-16-11-21-12-22-16/h2-9,11-13,24H,10H2,1H3,(H2,20,23)(H,21,22). The smallest absolute Gasteiger partial charge is 0.130 e. The van der Waals surface area contributed by atoms with E-state index in [0.29, 0.717) is 17.8 Å². The van der Waals surface area contributed by atoms with Crippen LogP contribution in [0.1, 0.15) is 35.3 Å². The first-order valence-electron chi connectivity index (χ1n) is 7.82. The Hall–Kier alpha value is -3.08. The number of imidazole rings is 1. The highest BCUT2D eigenvalue weighted by atomic mass is 16.3. The molecule has 0 saturated carbocycles. The summed E-state index contributed by atoms with van der Waals surface area (Å²) in [5.74, 6) is 0.490. The summed E-state index contributed by atoms with van der Waals surface area (Å²) in [5, 5.41) is 10.5. The van der Waals surface area contributed by atoms with Crippen molar-refractivity contribution < 1.29 is 5.11 Å². The van der Waals surface area contributed by atoms with E-state index in [0.717, 1.165) is 16.8 Å². The largest absolute Gasteiger partial charge is 0.507 e. The van der Waals surface area contributed by atoms with E-state index in [2.05, 4.69) is 15.0 Å². The maximum absolute atomic E-state index is 10.5. The number of aromatic amines is 1. The topological polar surface area (TPSA) is 87.3 Å². The van der Waals surface area contributed by atoms with E-state index in [1.807, 2.05) is 49.4 Å². The van der Waals surface area contributed by atoms with Gasteiger partial charge in [0, 0.05) is 23.9 Å². The fraction of sp³-hybridized carbons (Fsp3) is 0.158. The van der Waals surface area contributed by atoms with Crippen molar-refractivity contribution in [2.24, 2.45) is 10.7 Å². The average Bonchev–Trinajstić information content (AvgIpc) is 3.10. The third kappa shape index (κ3) is 3.46. The molecule has 1 atom stereocenters. The number of aliphatic imine (C=N–C) groups is 1. The fourth-order valence-electron chi connectivity index (χ4n) is 2.61. The zero-order chi connectivity index (χ0) is 16.9. The van der Waals surface area contributed by atoms with Gasteiger partial charge in [-0.2, -0.15) is 0 Å². The van der Waals surface area contributed by atoms with Gasteiger partial charge in [0.2, 0.25) is 0 Å². The lowest BCUT2D eigenvalue weighted by Crippen LogP contribution is -2.15. The molecule has 4 N–H and O–H groups in total. The van der Waals surface area contributed by atoms with Crippen LogP contribution in [0.3, 0.4) is 0 Å². The molecule has 0 aliphatic rings. The average molecular weight is 320 g/mol. The highest BCUT2D eigenvalue weighted by Crippen LogP contribution is 2.25. The molecule has 0 bridgehead atoms. The van der Waals surface area contributed by atoms with Gasteiger partial charge >= 0.3 is 0 Å². The number of amidine groups is 1. The number of para-hydroxylation sites is 1. The minimum absolute atomic E-state index is 0.0816. The molecule has 24 heavy (non-hydrogen) atoms. The molecule has 0 aliphatic carbocycles. The molecule has 122 valence electrons. The molecule has 0 fully saturated rings. The van der Waals surface area contributed by atoms with Crippen molar-refractivity contribution in [1.82, 2.24) is 9.97 Å². The second-order valence-electron chi connectivity index (χ2n) is 5.67. The first kappa shape index (κ1) is 15.8. The lowest BCUT2D eigenvalue weighted by molar-refractivity contribution is 0.468. The summed E-state index contributed by atoms with van der Waals surface area (Å²) >= 11 is 0. The van der Waals surface area contributed by atoms with E-state index in [1.165, 1.54) is 0 Å². The lowest BCUT2D eigenvalue weighted by Gasteiger charge is -2.12. The number of hydrogen-bond acceptors (Lipinski definition) is 3. The zero-order valence-corrected chi connectivity index (χ0v) is 13.5. The molecule has 1 aromatic heterocycles. The number of aromatic nitrogens is 2. The minimum Gasteiger partial charge on any atom is -0.507 e. The first-order valence-corrected chi connectivity index (χ1v) is 7.82. The number of H-pyrrole nitrogens is 1. The normalized spacial score (nSPS) is 13.0. The maximum atomic E-state index is 10.5. The molecule has 5 heteroatoms. The van der Waals surface area contributed by atoms with Crippen LogP contribution >= 0.6 is 0 Å². The van der Waals surface area contributed by atoms with Crippen molar-refractivity contribution in [3.63, 3.8) is 0 Å². The third-order valence-electron chi connectivity index (χ3n) is 3.95. The summed E-state index contributed by atoms with van der Waals surface area (Å²) in [7, 11) is 0. The van der Waals surface area contributed by atoms with E-state index >= 15 is 0 Å². The van der Waals surface area contributed by atoms with Crippen molar-refractivity contribution >= 4 is 5.84 Å². The van der Waals surface area contributed by atoms with Crippen LogP contribution in [0.2, 0.25) is 0 Å². The number of nitrogens with one attached hydrogen (secondary N) is 1. The van der Waals surface area contributed by atoms with E-state index < -0.39 is 0 Å². The van der Waals surface area contributed by atoms with Crippen molar-refractivity contribution in [1.29, 1.82) is 0 Å². The van der Waals surface area contributed by atoms with Crippen LogP contribution in [-0.2, 0) is 6.42 Å². The molecule has 5 nitrogen and oxygen atoms in total. The predicted molar refractivity (Wildman–Crippen MR) is 95.1 cm³/mol. The van der Waals surface area contributed by atoms with Gasteiger partial charge in [-0.25, -0.2) is 4.98 Å². The van der Waals surface area contributed by atoms with Gasteiger partial charge in [-0.15, -0.1) is 0 Å². The highest BCUT2D eigenvalue weighted by molar-refractivity contribution is 6.00. The molecule has 1 heterocycles. The Morgan fingerprint density at radius 1 is 1.21 bits per heavy atom. The van der Waals surface area contributed by atoms with E-state index in [1.54, 1.807) is 18.6 Å². The number of phenolic OH excluding ortho intramolecular Hbond substituents is 1. The van der Waals surface area contributed by atoms with Crippen LogP contribution in [0.25, 0.3) is 0 Å². The molecular weight excluding hydrogens is 300 g/mol. The molecule has 0 aliphatic heterocycles. The zero-order valence-electron chi connectivity index (χ0n) is 13.5. The van der Waals surface area contributed by atoms with Gasteiger partial charge in [-0.3, -0.25) is 4.99 Å². The number of aromatic hydroxyl groups is 1. The molecule has 0 saturated heterocycles. The monoisotopic (exact) mass is 320 g/mol. The summed E-state index contributed by atoms with van der Waals surface area (Å²) in [6, 6.07) is 15.4. The summed E-state index contributed by atoms with van der Waals surface area (Å²) in [6.07, 6.45) is 3.91. The van der Waals surface area contributed by atoms with Crippen molar-refractivity contribution in [3.8, 4) is 5.75 Å². The molecular formula is C19H20N4O. The van der Waals surface area contributed by atoms with Crippen molar-refractivity contribution in [3.05, 3.63) is 83.4 Å². The molecule has 3 aromatic rings. The van der Waals surface area contributed by atoms with Gasteiger partial charge in [0.25, 0.3) is 0 Å². The van der Waals surface area contributed by atoms with E-state index in [9.17, 15) is 5.11 Å². The second kappa shape index (κ2) is 7.00. The fourth-order valence-corrected chi connectivity index (χ4v) is 2.61. The molecule has 0 spiro atoms. The Kier molecular flexibility index (Phi) is 4.61. The number of hydrogen-bond donors (Lipinski definition) is 3. The van der Waals surface area contributed by atoms with Gasteiger partial charge in [0.1, 0.15) is 11.6 Å². The minimum atomic E-state index is -0.0816. The summed E-state index contributed by atoms with van der Waals surface area (Å²) < 4.78 is 0. The molecule has 0 radical (unpaired) electrons. The number of phenols is 1. The van der Waals surface area contributed by atoms with Gasteiger partial charge in [0.15, 0.2) is 0 Å². The highest BCUT2D eigenvalue weighted by Gasteiger charge is 2.12. The van der Waals surface area contributed by atoms with Crippen LogP contribution in [0.15, 0.2) is 66.0 Å². The molecule has 0 amide bonds. The van der Waals surface area contributed by atoms with Gasteiger partial charge in [-0.05, 0) is 18.6 Å². The Morgan fingerprint density at radius 2 is 2.00 bits per heavy atom. The van der Waals surface area contributed by atoms with E-state index in [4.69, 9.17) is 5.73 Å². The third-order valence-corrected chi connectivity index (χ3v) is 3.95. The van der Waals surface area contributed by atoms with Crippen molar-refractivity contribution in [2.75, 3.05) is 0 Å². The SMILES string of the molecule is CC(N=C(N)c1cccc(Cc2cnc[nH]2)c1O)c1ccccc1. The quantitative estimate of drug-likeness (QED) is 0.498. The Labute approximate surface area is 140 Å². The molecule has 2 aromatic carbocycles. The lowest BCUT2D eigenvalue weighted by atomic mass is 10.0. The van der Waals surface area contributed by atoms with Gasteiger partial charge in [0.05, 0.1) is 17.9 Å². The van der Waals surface area contributed by atoms with Crippen LogP contribution in [-0.4, -0.2) is 20.9 Å². The molecule has 1 unspecified atom stereocenters. The van der Waals surface area contributed by atoms with Gasteiger partial charge in [-0.1, -0.05) is 42.5 Å². The maximum Gasteiger partial charge on any atom is 0.130 e. The Bertz CT molecular complexity index is 826. The second-order valence-corrected chi connectivity index (χ2v) is 5.67. The predicted octanol–water partition coefficient (Wildman–Crippen LogP) is 3.17. The summed E-state index contributed by atoms with van der Waals surface area (Å²) in [5.41, 5.74) is 9.48.